The van der Waals surface area contributed by atoms with Crippen LogP contribution in [-0.2, 0) is 0 Å². The molecule has 0 radical (unpaired) electrons. The van der Waals surface area contributed by atoms with Gasteiger partial charge in [0.2, 0.25) is 0 Å². The Balaban J connectivity index is 1.91. The first kappa shape index (κ1) is 16.5. The molecule has 0 bridgehead atoms. The van der Waals surface area contributed by atoms with Crippen molar-refractivity contribution in [3.63, 3.8) is 0 Å². The Labute approximate surface area is 135 Å². The van der Waals surface area contributed by atoms with Crippen LogP contribution >= 0.6 is 0 Å². The van der Waals surface area contributed by atoms with E-state index >= 15 is 0 Å². The summed E-state index contributed by atoms with van der Waals surface area (Å²) in [6.07, 6.45) is 3.66. The molecule has 120 valence electrons. The van der Waals surface area contributed by atoms with Crippen LogP contribution in [0, 0.1) is 0 Å². The van der Waals surface area contributed by atoms with Crippen molar-refractivity contribution in [2.24, 2.45) is 5.10 Å². The summed E-state index contributed by atoms with van der Waals surface area (Å²) >= 11 is 0. The molecule has 2 N–H and O–H groups in total. The highest BCUT2D eigenvalue weighted by Crippen LogP contribution is 2.12. The molecule has 0 aliphatic rings. The number of carbonyl (C=O) groups is 1. The third-order valence-electron chi connectivity index (χ3n) is 3.13. The number of ether oxygens (including phenoxy) is 1. The third-order valence-corrected chi connectivity index (χ3v) is 3.13. The predicted molar refractivity (Wildman–Crippen MR) is 90.0 cm³/mol. The molecule has 0 heterocycles. The van der Waals surface area contributed by atoms with Crippen LogP contribution in [0.15, 0.2) is 53.6 Å². The van der Waals surface area contributed by atoms with Gasteiger partial charge in [0.05, 0.1) is 12.8 Å². The van der Waals surface area contributed by atoms with Gasteiger partial charge in [-0.25, -0.2) is 5.43 Å². The van der Waals surface area contributed by atoms with Gasteiger partial charge in [-0.1, -0.05) is 25.5 Å². The quantitative estimate of drug-likeness (QED) is 0.468. The van der Waals surface area contributed by atoms with Crippen molar-refractivity contribution in [1.29, 1.82) is 0 Å². The minimum Gasteiger partial charge on any atom is -0.508 e. The van der Waals surface area contributed by atoms with Crippen LogP contribution in [-0.4, -0.2) is 23.8 Å². The lowest BCUT2D eigenvalue weighted by molar-refractivity contribution is 0.0955. The maximum atomic E-state index is 11.9. The minimum atomic E-state index is -0.336. The van der Waals surface area contributed by atoms with E-state index in [-0.39, 0.29) is 11.7 Å². The van der Waals surface area contributed by atoms with Crippen LogP contribution in [0.3, 0.4) is 0 Å². The van der Waals surface area contributed by atoms with Gasteiger partial charge in [0.25, 0.3) is 5.91 Å². The zero-order valence-corrected chi connectivity index (χ0v) is 13.0. The monoisotopic (exact) mass is 312 g/mol. The summed E-state index contributed by atoms with van der Waals surface area (Å²) in [5.74, 6) is 0.564. The average molecular weight is 312 g/mol. The first-order valence-electron chi connectivity index (χ1n) is 7.54. The van der Waals surface area contributed by atoms with E-state index in [1.165, 1.54) is 24.3 Å². The summed E-state index contributed by atoms with van der Waals surface area (Å²) in [4.78, 5) is 11.9. The van der Waals surface area contributed by atoms with Crippen molar-refractivity contribution in [2.75, 3.05) is 6.61 Å². The molecule has 0 saturated carbocycles. The van der Waals surface area contributed by atoms with Crippen LogP contribution in [0.5, 0.6) is 11.5 Å². The Morgan fingerprint density at radius 2 is 2.04 bits per heavy atom. The Hall–Kier alpha value is -2.82. The van der Waals surface area contributed by atoms with Crippen molar-refractivity contribution in [2.45, 2.75) is 19.8 Å². The molecular weight excluding hydrogens is 292 g/mol. The number of unbranched alkanes of at least 4 members (excludes halogenated alkanes) is 1. The molecule has 0 atom stereocenters. The van der Waals surface area contributed by atoms with Gasteiger partial charge >= 0.3 is 0 Å². The van der Waals surface area contributed by atoms with Crippen molar-refractivity contribution in [3.05, 3.63) is 59.7 Å². The average Bonchev–Trinajstić information content (AvgIpc) is 2.56. The standard InChI is InChI=1S/C18H20N2O3/c1-2-3-11-23-17-6-4-5-14(12-17)13-19-20-18(22)15-7-9-16(21)10-8-15/h4-10,12-13,21H,2-3,11H2,1H3,(H,20,22)/b19-13-. The van der Waals surface area contributed by atoms with Gasteiger partial charge in [-0.05, 0) is 48.4 Å². The summed E-state index contributed by atoms with van der Waals surface area (Å²) in [5.41, 5.74) is 3.71. The summed E-state index contributed by atoms with van der Waals surface area (Å²) in [6.45, 7) is 2.80. The minimum absolute atomic E-state index is 0.116. The summed E-state index contributed by atoms with van der Waals surface area (Å²) in [7, 11) is 0. The lowest BCUT2D eigenvalue weighted by Gasteiger charge is -2.05. The molecular formula is C18H20N2O3. The molecule has 0 aliphatic carbocycles. The van der Waals surface area contributed by atoms with Crippen LogP contribution in [0.2, 0.25) is 0 Å². The second kappa shape index (κ2) is 8.58. The predicted octanol–water partition coefficient (Wildman–Crippen LogP) is 3.34. The number of hydrogen-bond acceptors (Lipinski definition) is 4. The van der Waals surface area contributed by atoms with Gasteiger partial charge in [-0.3, -0.25) is 4.79 Å². The Morgan fingerprint density at radius 3 is 2.78 bits per heavy atom. The maximum absolute atomic E-state index is 11.9. The molecule has 2 rings (SSSR count). The van der Waals surface area contributed by atoms with E-state index in [1.54, 1.807) is 6.21 Å². The molecule has 2 aromatic rings. The van der Waals surface area contributed by atoms with Crippen molar-refractivity contribution >= 4 is 12.1 Å². The third kappa shape index (κ3) is 5.47. The first-order chi connectivity index (χ1) is 11.2. The molecule has 2 aromatic carbocycles. The Bertz CT molecular complexity index is 666. The zero-order chi connectivity index (χ0) is 16.5. The molecule has 0 saturated heterocycles. The fourth-order valence-electron chi connectivity index (χ4n) is 1.86. The molecule has 0 unspecified atom stereocenters. The van der Waals surface area contributed by atoms with E-state index in [0.717, 1.165) is 24.2 Å². The fraction of sp³-hybridized carbons (Fsp3) is 0.222. The van der Waals surface area contributed by atoms with Crippen LogP contribution in [0.25, 0.3) is 0 Å². The molecule has 0 aliphatic heterocycles. The van der Waals surface area contributed by atoms with Gasteiger partial charge in [-0.15, -0.1) is 0 Å². The second-order valence-electron chi connectivity index (χ2n) is 5.02. The normalized spacial score (nSPS) is 10.7. The molecule has 0 fully saturated rings. The molecule has 23 heavy (non-hydrogen) atoms. The van der Waals surface area contributed by atoms with Crippen LogP contribution in [0.4, 0.5) is 0 Å². The van der Waals surface area contributed by atoms with Gasteiger partial charge < -0.3 is 9.84 Å². The van der Waals surface area contributed by atoms with Gasteiger partial charge in [0.1, 0.15) is 11.5 Å². The fourth-order valence-corrected chi connectivity index (χ4v) is 1.86. The largest absolute Gasteiger partial charge is 0.508 e. The number of nitrogens with one attached hydrogen (secondary N) is 1. The number of rotatable bonds is 7. The van der Waals surface area contributed by atoms with Gasteiger partial charge in [0, 0.05) is 5.56 Å². The number of aromatic hydroxyl groups is 1. The first-order valence-corrected chi connectivity index (χ1v) is 7.54. The number of amides is 1. The second-order valence-corrected chi connectivity index (χ2v) is 5.02. The lowest BCUT2D eigenvalue weighted by atomic mass is 10.2. The molecule has 5 heteroatoms. The smallest absolute Gasteiger partial charge is 0.271 e. The van der Waals surface area contributed by atoms with Gasteiger partial charge in [-0.2, -0.15) is 5.10 Å². The van der Waals surface area contributed by atoms with Crippen molar-refractivity contribution in [1.82, 2.24) is 5.43 Å². The van der Waals surface area contributed by atoms with E-state index in [1.807, 2.05) is 24.3 Å². The van der Waals surface area contributed by atoms with E-state index in [2.05, 4.69) is 17.5 Å². The topological polar surface area (TPSA) is 70.9 Å². The number of nitrogens with zero attached hydrogens (tertiary/aromatic N) is 1. The van der Waals surface area contributed by atoms with Gasteiger partial charge in [0.15, 0.2) is 0 Å². The van der Waals surface area contributed by atoms with Crippen molar-refractivity contribution < 1.29 is 14.6 Å². The Kier molecular flexibility index (Phi) is 6.17. The zero-order valence-electron chi connectivity index (χ0n) is 13.0. The highest BCUT2D eigenvalue weighted by atomic mass is 16.5. The molecule has 0 aromatic heterocycles. The highest BCUT2D eigenvalue weighted by molar-refractivity contribution is 5.95. The summed E-state index contributed by atoms with van der Waals surface area (Å²) in [5, 5.41) is 13.1. The van der Waals surface area contributed by atoms with E-state index in [9.17, 15) is 9.90 Å². The summed E-state index contributed by atoms with van der Waals surface area (Å²) in [6, 6.07) is 13.5. The highest BCUT2D eigenvalue weighted by Gasteiger charge is 2.03. The number of hydrazone groups is 1. The molecule has 5 nitrogen and oxygen atoms in total. The maximum Gasteiger partial charge on any atom is 0.271 e. The summed E-state index contributed by atoms with van der Waals surface area (Å²) < 4.78 is 5.62. The number of benzene rings is 2. The van der Waals surface area contributed by atoms with Crippen LogP contribution < -0.4 is 10.2 Å². The van der Waals surface area contributed by atoms with E-state index < -0.39 is 0 Å². The van der Waals surface area contributed by atoms with E-state index in [0.29, 0.717) is 12.2 Å². The van der Waals surface area contributed by atoms with Crippen LogP contribution in [0.1, 0.15) is 35.7 Å². The molecule has 0 spiro atoms. The Morgan fingerprint density at radius 1 is 1.26 bits per heavy atom. The number of hydrogen-bond donors (Lipinski definition) is 2. The lowest BCUT2D eigenvalue weighted by Crippen LogP contribution is -2.17. The number of phenolic OH excluding ortho intramolecular Hbond substituents is 1. The number of phenols is 1. The number of carbonyl (C=O) groups excluding carboxylic acids is 1. The van der Waals surface area contributed by atoms with E-state index in [4.69, 9.17) is 4.74 Å². The van der Waals surface area contributed by atoms with Crippen molar-refractivity contribution in [3.8, 4) is 11.5 Å². The molecule has 1 amide bonds. The SMILES string of the molecule is CCCCOc1cccc(/C=N\NC(=O)c2ccc(O)cc2)c1.